The minimum atomic E-state index is 0. The van der Waals surface area contributed by atoms with E-state index in [0.29, 0.717) is 0 Å². The largest absolute Gasteiger partial charge is 2.00 e. The Morgan fingerprint density at radius 1 is 0.650 bits per heavy atom. The molecular weight excluding hydrogens is 280 g/mol. The molecular formula is C17H20N2Ti. The van der Waals surface area contributed by atoms with Crippen molar-refractivity contribution in [2.75, 3.05) is 13.1 Å². The van der Waals surface area contributed by atoms with Crippen molar-refractivity contribution < 1.29 is 21.7 Å². The van der Waals surface area contributed by atoms with E-state index in [-0.39, 0.29) is 21.7 Å². The first-order chi connectivity index (χ1) is 9.24. The number of hydrogen-bond donors (Lipinski definition) is 0. The molecule has 20 heavy (non-hydrogen) atoms. The van der Waals surface area contributed by atoms with Crippen LogP contribution >= 0.6 is 0 Å². The molecule has 0 radical (unpaired) electrons. The zero-order valence-corrected chi connectivity index (χ0v) is 13.7. The van der Waals surface area contributed by atoms with Gasteiger partial charge in [-0.1, -0.05) is 66.1 Å². The summed E-state index contributed by atoms with van der Waals surface area (Å²) in [6, 6.07) is 16.6. The Morgan fingerprint density at radius 2 is 1.00 bits per heavy atom. The summed E-state index contributed by atoms with van der Waals surface area (Å²) in [5.74, 6) is 0. The van der Waals surface area contributed by atoms with Gasteiger partial charge in [0.05, 0.1) is 0 Å². The molecule has 3 heteroatoms. The van der Waals surface area contributed by atoms with Gasteiger partial charge in [-0.25, -0.2) is 0 Å². The molecule has 2 aromatic carbocycles. The fraction of sp³-hybridized carbons (Fsp3) is 0.294. The maximum Gasteiger partial charge on any atom is 2.00 e. The molecule has 0 aliphatic heterocycles. The first-order valence-corrected chi connectivity index (χ1v) is 6.72. The van der Waals surface area contributed by atoms with Crippen LogP contribution in [0.1, 0.15) is 17.5 Å². The fourth-order valence-corrected chi connectivity index (χ4v) is 1.79. The predicted molar refractivity (Wildman–Crippen MR) is 82.7 cm³/mol. The number of benzene rings is 2. The Balaban J connectivity index is 0.00000200. The predicted octanol–water partition coefficient (Wildman–Crippen LogP) is 5.40. The van der Waals surface area contributed by atoms with Gasteiger partial charge in [-0.2, -0.15) is 0 Å². The minimum absolute atomic E-state index is 0. The summed E-state index contributed by atoms with van der Waals surface area (Å²) in [4.78, 5) is 0. The van der Waals surface area contributed by atoms with E-state index in [1.165, 1.54) is 11.1 Å². The van der Waals surface area contributed by atoms with Gasteiger partial charge in [-0.15, -0.1) is 24.5 Å². The van der Waals surface area contributed by atoms with Crippen LogP contribution in [0.25, 0.3) is 10.6 Å². The third-order valence-electron chi connectivity index (χ3n) is 2.97. The van der Waals surface area contributed by atoms with E-state index in [2.05, 4.69) is 73.0 Å². The summed E-state index contributed by atoms with van der Waals surface area (Å²) in [6.45, 7) is 5.84. The number of rotatable bonds is 6. The maximum atomic E-state index is 4.53. The fourth-order valence-electron chi connectivity index (χ4n) is 1.79. The second-order valence-electron chi connectivity index (χ2n) is 4.79. The smallest absolute Gasteiger partial charge is 0.684 e. The Bertz CT molecular complexity index is 444. The molecule has 0 saturated carbocycles. The van der Waals surface area contributed by atoms with E-state index in [9.17, 15) is 0 Å². The maximum absolute atomic E-state index is 4.53. The molecule has 0 amide bonds. The topological polar surface area (TPSA) is 28.2 Å². The second kappa shape index (κ2) is 8.83. The summed E-state index contributed by atoms with van der Waals surface area (Å²) in [7, 11) is 0. The van der Waals surface area contributed by atoms with E-state index < -0.39 is 0 Å². The quantitative estimate of drug-likeness (QED) is 0.504. The third kappa shape index (κ3) is 5.81. The van der Waals surface area contributed by atoms with Crippen molar-refractivity contribution in [3.05, 3.63) is 70.3 Å². The first-order valence-electron chi connectivity index (χ1n) is 6.72. The zero-order valence-electron chi connectivity index (χ0n) is 12.1. The van der Waals surface area contributed by atoms with Gasteiger partial charge in [0.1, 0.15) is 0 Å². The van der Waals surface area contributed by atoms with Crippen molar-refractivity contribution in [2.45, 2.75) is 20.3 Å². The van der Waals surface area contributed by atoms with Crippen molar-refractivity contribution in [3.8, 4) is 0 Å². The van der Waals surface area contributed by atoms with Crippen molar-refractivity contribution in [3.63, 3.8) is 0 Å². The Labute approximate surface area is 136 Å². The van der Waals surface area contributed by atoms with Crippen LogP contribution < -0.4 is 0 Å². The van der Waals surface area contributed by atoms with Gasteiger partial charge < -0.3 is 10.6 Å². The van der Waals surface area contributed by atoms with E-state index in [1.807, 2.05) is 0 Å². The molecule has 2 rings (SSSR count). The van der Waals surface area contributed by atoms with Crippen LogP contribution in [-0.2, 0) is 21.7 Å². The third-order valence-corrected chi connectivity index (χ3v) is 2.97. The second-order valence-corrected chi connectivity index (χ2v) is 4.79. The SMILES string of the molecule is Cc1ccc([N-]CCC[N-]c2ccc(C)cc2)cc1.[Ti+2]. The molecule has 0 heterocycles. The van der Waals surface area contributed by atoms with E-state index in [1.54, 1.807) is 0 Å². The number of hydrogen-bond acceptors (Lipinski definition) is 0. The molecule has 2 aromatic rings. The summed E-state index contributed by atoms with van der Waals surface area (Å²) >= 11 is 0. The van der Waals surface area contributed by atoms with Crippen molar-refractivity contribution in [1.82, 2.24) is 0 Å². The monoisotopic (exact) mass is 300 g/mol. The van der Waals surface area contributed by atoms with Crippen LogP contribution in [-0.4, -0.2) is 13.1 Å². The van der Waals surface area contributed by atoms with Crippen LogP contribution in [0.3, 0.4) is 0 Å². The van der Waals surface area contributed by atoms with Crippen molar-refractivity contribution in [2.24, 2.45) is 0 Å². The molecule has 0 aromatic heterocycles. The van der Waals surface area contributed by atoms with E-state index >= 15 is 0 Å². The standard InChI is InChI=1S/C17H20N2.Ti/c1-14-4-8-16(9-5-14)18-12-3-13-19-17-10-6-15(2)7-11-17;/h4-11H,3,12-13H2,1-2H3;/q-2;+2. The van der Waals surface area contributed by atoms with Crippen LogP contribution in [0, 0.1) is 13.8 Å². The number of nitrogens with zero attached hydrogens (tertiary/aromatic N) is 2. The molecule has 102 valence electrons. The first kappa shape index (κ1) is 16.8. The molecule has 0 spiro atoms. The van der Waals surface area contributed by atoms with E-state index in [0.717, 1.165) is 30.9 Å². The molecule has 0 bridgehead atoms. The molecule has 0 fully saturated rings. The van der Waals surface area contributed by atoms with Gasteiger partial charge in [0.2, 0.25) is 0 Å². The molecule has 0 atom stereocenters. The summed E-state index contributed by atoms with van der Waals surface area (Å²) < 4.78 is 0. The van der Waals surface area contributed by atoms with Gasteiger partial charge in [-0.3, -0.25) is 0 Å². The Morgan fingerprint density at radius 3 is 1.35 bits per heavy atom. The van der Waals surface area contributed by atoms with Crippen LogP contribution in [0.15, 0.2) is 48.5 Å². The summed E-state index contributed by atoms with van der Waals surface area (Å²) in [6.07, 6.45) is 0.988. The molecule has 2 nitrogen and oxygen atoms in total. The molecule has 0 aliphatic rings. The van der Waals surface area contributed by atoms with Crippen molar-refractivity contribution >= 4 is 11.4 Å². The summed E-state index contributed by atoms with van der Waals surface area (Å²) in [5, 5.41) is 9.07. The van der Waals surface area contributed by atoms with Gasteiger partial charge in [0.25, 0.3) is 0 Å². The average molecular weight is 300 g/mol. The van der Waals surface area contributed by atoms with Gasteiger partial charge in [0, 0.05) is 0 Å². The number of aryl methyl sites for hydroxylation is 2. The van der Waals surface area contributed by atoms with Gasteiger partial charge in [0.15, 0.2) is 0 Å². The molecule has 0 saturated heterocycles. The van der Waals surface area contributed by atoms with E-state index in [4.69, 9.17) is 0 Å². The van der Waals surface area contributed by atoms with Crippen molar-refractivity contribution in [1.29, 1.82) is 0 Å². The Kier molecular flexibility index (Phi) is 7.42. The Hall–Kier alpha value is -1.25. The van der Waals surface area contributed by atoms with Gasteiger partial charge >= 0.3 is 21.7 Å². The van der Waals surface area contributed by atoms with Crippen LogP contribution in [0.5, 0.6) is 0 Å². The molecule has 0 aliphatic carbocycles. The molecule has 0 unspecified atom stereocenters. The van der Waals surface area contributed by atoms with Gasteiger partial charge in [-0.05, 0) is 13.8 Å². The minimum Gasteiger partial charge on any atom is -0.684 e. The normalized spacial score (nSPS) is 9.70. The summed E-state index contributed by atoms with van der Waals surface area (Å²) in [5.41, 5.74) is 4.66. The zero-order chi connectivity index (χ0) is 13.5. The van der Waals surface area contributed by atoms with Crippen LogP contribution in [0.4, 0.5) is 11.4 Å². The molecule has 0 N–H and O–H groups in total. The average Bonchev–Trinajstić information content (AvgIpc) is 2.43. The van der Waals surface area contributed by atoms with Crippen LogP contribution in [0.2, 0.25) is 0 Å².